The Balaban J connectivity index is 1.62. The average Bonchev–Trinajstić information content (AvgIpc) is 3.60. The number of halogens is 3. The van der Waals surface area contributed by atoms with Crippen LogP contribution in [0, 0.1) is 45.9 Å². The van der Waals surface area contributed by atoms with Gasteiger partial charge >= 0.3 is 6.18 Å². The highest BCUT2D eigenvalue weighted by molar-refractivity contribution is 6.13. The maximum absolute atomic E-state index is 15.0. The number of fused-ring (bicyclic) bond motifs is 6. The summed E-state index contributed by atoms with van der Waals surface area (Å²) < 4.78 is 49.1. The Morgan fingerprint density at radius 3 is 1.35 bits per heavy atom. The van der Waals surface area contributed by atoms with Crippen LogP contribution in [0.25, 0.3) is 66.1 Å². The second kappa shape index (κ2) is 10.9. The molecule has 240 valence electrons. The topological polar surface area (TPSA) is 33.6 Å². The fourth-order valence-corrected chi connectivity index (χ4v) is 7.78. The maximum atomic E-state index is 15.0. The van der Waals surface area contributed by atoms with Crippen molar-refractivity contribution in [2.24, 2.45) is 0 Å². The van der Waals surface area contributed by atoms with Crippen molar-refractivity contribution in [2.75, 3.05) is 0 Å². The number of hydrogen-bond donors (Lipinski definition) is 0. The summed E-state index contributed by atoms with van der Waals surface area (Å²) in [5, 5.41) is 14.9. The Labute approximate surface area is 282 Å². The van der Waals surface area contributed by atoms with E-state index in [0.717, 1.165) is 65.9 Å². The van der Waals surface area contributed by atoms with Gasteiger partial charge in [-0.3, -0.25) is 0 Å². The standard InChI is InChI=1S/C43H32F3N3/c1-24-18-19-30(36(20-24)43(44,45)46)35-22-37(48-39-25(2)10-6-14-31(39)32-15-7-11-26(3)40(32)48)29(23-47)21-38(35)49-41-27(4)12-8-16-33(41)34-17-9-13-28(5)42(34)49/h6-22H,1-5H3. The Morgan fingerprint density at radius 2 is 0.939 bits per heavy atom. The first kappa shape index (κ1) is 30.5. The van der Waals surface area contributed by atoms with E-state index >= 15 is 0 Å². The number of para-hydroxylation sites is 4. The molecule has 0 aliphatic rings. The molecule has 0 aliphatic carbocycles. The molecule has 0 saturated heterocycles. The Bertz CT molecular complexity index is 2600. The zero-order valence-corrected chi connectivity index (χ0v) is 27.8. The third-order valence-corrected chi connectivity index (χ3v) is 9.91. The minimum atomic E-state index is -4.61. The highest BCUT2D eigenvalue weighted by atomic mass is 19.4. The van der Waals surface area contributed by atoms with Gasteiger partial charge in [0.25, 0.3) is 0 Å². The van der Waals surface area contributed by atoms with Crippen molar-refractivity contribution in [2.45, 2.75) is 40.8 Å². The summed E-state index contributed by atoms with van der Waals surface area (Å²) in [6.07, 6.45) is -4.61. The molecule has 0 saturated carbocycles. The first-order valence-corrected chi connectivity index (χ1v) is 16.3. The summed E-state index contributed by atoms with van der Waals surface area (Å²) in [6.45, 7) is 9.76. The highest BCUT2D eigenvalue weighted by Crippen LogP contribution is 2.45. The number of benzene rings is 6. The van der Waals surface area contributed by atoms with Gasteiger partial charge in [0.15, 0.2) is 0 Å². The molecule has 8 rings (SSSR count). The van der Waals surface area contributed by atoms with E-state index in [1.54, 1.807) is 31.2 Å². The van der Waals surface area contributed by atoms with Crippen molar-refractivity contribution in [1.29, 1.82) is 5.26 Å². The summed E-state index contributed by atoms with van der Waals surface area (Å²) in [4.78, 5) is 0. The first-order valence-electron chi connectivity index (χ1n) is 16.3. The molecule has 0 fully saturated rings. The molecular weight excluding hydrogens is 615 g/mol. The van der Waals surface area contributed by atoms with E-state index in [-0.39, 0.29) is 5.56 Å². The van der Waals surface area contributed by atoms with E-state index in [4.69, 9.17) is 0 Å². The van der Waals surface area contributed by atoms with E-state index in [1.807, 2.05) is 76.2 Å². The van der Waals surface area contributed by atoms with Gasteiger partial charge in [-0.05, 0) is 80.6 Å². The Kier molecular flexibility index (Phi) is 6.77. The number of rotatable bonds is 3. The fourth-order valence-electron chi connectivity index (χ4n) is 7.78. The number of nitriles is 1. The first-order chi connectivity index (χ1) is 23.5. The van der Waals surface area contributed by atoms with Gasteiger partial charge in [-0.2, -0.15) is 18.4 Å². The van der Waals surface area contributed by atoms with Crippen molar-refractivity contribution < 1.29 is 13.2 Å². The van der Waals surface area contributed by atoms with Gasteiger partial charge in [-0.15, -0.1) is 0 Å². The summed E-state index contributed by atoms with van der Waals surface area (Å²) >= 11 is 0. The third-order valence-electron chi connectivity index (χ3n) is 9.91. The SMILES string of the molecule is Cc1ccc(-c2cc(-n3c4c(C)cccc4c4cccc(C)c43)c(C#N)cc2-n2c3c(C)cccc3c3cccc(C)c32)c(C(F)(F)F)c1. The molecule has 0 atom stereocenters. The van der Waals surface area contributed by atoms with Crippen LogP contribution >= 0.6 is 0 Å². The molecule has 0 amide bonds. The Morgan fingerprint density at radius 1 is 0.510 bits per heavy atom. The van der Waals surface area contributed by atoms with Crippen LogP contribution < -0.4 is 0 Å². The lowest BCUT2D eigenvalue weighted by atomic mass is 9.93. The summed E-state index contributed by atoms with van der Waals surface area (Å²) in [6, 6.07) is 34.9. The molecule has 49 heavy (non-hydrogen) atoms. The molecule has 2 aromatic heterocycles. The van der Waals surface area contributed by atoms with Gasteiger partial charge in [0.05, 0.1) is 44.6 Å². The number of nitrogens with zero attached hydrogens (tertiary/aromatic N) is 3. The van der Waals surface area contributed by atoms with Crippen LogP contribution in [-0.2, 0) is 6.18 Å². The average molecular weight is 648 g/mol. The predicted octanol–water partition coefficient (Wildman–Crippen LogP) is 12.0. The normalized spacial score (nSPS) is 12.1. The van der Waals surface area contributed by atoms with E-state index < -0.39 is 11.7 Å². The van der Waals surface area contributed by atoms with Crippen LogP contribution in [0.1, 0.15) is 38.9 Å². The smallest absolute Gasteiger partial charge is 0.308 e. The van der Waals surface area contributed by atoms with Crippen molar-refractivity contribution in [1.82, 2.24) is 9.13 Å². The number of alkyl halides is 3. The molecule has 0 radical (unpaired) electrons. The second-order valence-electron chi connectivity index (χ2n) is 13.1. The molecule has 8 aromatic rings. The van der Waals surface area contributed by atoms with E-state index in [9.17, 15) is 18.4 Å². The van der Waals surface area contributed by atoms with Gasteiger partial charge < -0.3 is 9.13 Å². The van der Waals surface area contributed by atoms with Gasteiger partial charge in [0.2, 0.25) is 0 Å². The molecule has 0 N–H and O–H groups in total. The lowest BCUT2D eigenvalue weighted by Crippen LogP contribution is -2.10. The lowest BCUT2D eigenvalue weighted by Gasteiger charge is -2.22. The quantitative estimate of drug-likeness (QED) is 0.188. The van der Waals surface area contributed by atoms with Crippen molar-refractivity contribution in [3.63, 3.8) is 0 Å². The van der Waals surface area contributed by atoms with Crippen molar-refractivity contribution in [3.8, 4) is 28.6 Å². The minimum Gasteiger partial charge on any atom is -0.308 e. The van der Waals surface area contributed by atoms with Crippen molar-refractivity contribution in [3.05, 3.63) is 142 Å². The molecule has 6 aromatic carbocycles. The van der Waals surface area contributed by atoms with Crippen molar-refractivity contribution >= 4 is 43.6 Å². The van der Waals surface area contributed by atoms with Crippen LogP contribution in [0.15, 0.2) is 103 Å². The number of aryl methyl sites for hydroxylation is 5. The molecule has 0 spiro atoms. The van der Waals surface area contributed by atoms with E-state index in [0.29, 0.717) is 28.1 Å². The highest BCUT2D eigenvalue weighted by Gasteiger charge is 2.35. The van der Waals surface area contributed by atoms with Crippen LogP contribution in [0.3, 0.4) is 0 Å². The molecule has 2 heterocycles. The molecular formula is C43H32F3N3. The van der Waals surface area contributed by atoms with Gasteiger partial charge in [0.1, 0.15) is 6.07 Å². The lowest BCUT2D eigenvalue weighted by molar-refractivity contribution is -0.137. The zero-order chi connectivity index (χ0) is 34.4. The molecule has 0 unspecified atom stereocenters. The van der Waals surface area contributed by atoms with E-state index in [1.165, 1.54) is 6.07 Å². The maximum Gasteiger partial charge on any atom is 0.417 e. The van der Waals surface area contributed by atoms with Crippen LogP contribution in [-0.4, -0.2) is 9.13 Å². The molecule has 0 aliphatic heterocycles. The second-order valence-corrected chi connectivity index (χ2v) is 13.1. The van der Waals surface area contributed by atoms with Crippen LogP contribution in [0.2, 0.25) is 0 Å². The minimum absolute atomic E-state index is 0.0604. The third kappa shape index (κ3) is 4.49. The fraction of sp³-hybridized carbons (Fsp3) is 0.140. The molecule has 6 heteroatoms. The monoisotopic (exact) mass is 647 g/mol. The van der Waals surface area contributed by atoms with Gasteiger partial charge in [-0.1, -0.05) is 90.5 Å². The van der Waals surface area contributed by atoms with Crippen LogP contribution in [0.4, 0.5) is 13.2 Å². The molecule has 0 bridgehead atoms. The predicted molar refractivity (Wildman–Crippen MR) is 194 cm³/mol. The molecule has 3 nitrogen and oxygen atoms in total. The van der Waals surface area contributed by atoms with Gasteiger partial charge in [-0.25, -0.2) is 0 Å². The number of hydrogen-bond acceptors (Lipinski definition) is 1. The summed E-state index contributed by atoms with van der Waals surface area (Å²) in [5.41, 5.74) is 9.28. The summed E-state index contributed by atoms with van der Waals surface area (Å²) in [5.74, 6) is 0. The Hall–Kier alpha value is -5.80. The summed E-state index contributed by atoms with van der Waals surface area (Å²) in [7, 11) is 0. The largest absolute Gasteiger partial charge is 0.417 e. The van der Waals surface area contributed by atoms with Gasteiger partial charge in [0, 0.05) is 27.1 Å². The number of aromatic nitrogens is 2. The van der Waals surface area contributed by atoms with E-state index in [2.05, 4.69) is 39.5 Å². The zero-order valence-electron chi connectivity index (χ0n) is 27.8. The van der Waals surface area contributed by atoms with Crippen LogP contribution in [0.5, 0.6) is 0 Å².